The lowest BCUT2D eigenvalue weighted by atomic mass is 10.2. The first kappa shape index (κ1) is 14.4. The smallest absolute Gasteiger partial charge is 0.275 e. The summed E-state index contributed by atoms with van der Waals surface area (Å²) in [4.78, 5) is 18.5. The number of anilines is 2. The molecule has 0 bridgehead atoms. The molecule has 1 aromatic carbocycles. The first-order valence-corrected chi connectivity index (χ1v) is 7.14. The molecular weight excluding hydrogens is 300 g/mol. The van der Waals surface area contributed by atoms with E-state index in [1.807, 2.05) is 43.3 Å². The van der Waals surface area contributed by atoms with Gasteiger partial charge in [-0.05, 0) is 36.4 Å². The van der Waals surface area contributed by atoms with Crippen LogP contribution in [0.2, 0.25) is 5.02 Å². The second-order valence-corrected chi connectivity index (χ2v) is 5.57. The summed E-state index contributed by atoms with van der Waals surface area (Å²) in [5.41, 5.74) is 2.82. The third kappa shape index (κ3) is 2.89. The number of nitrogens with one attached hydrogen (secondary N) is 1. The van der Waals surface area contributed by atoms with Crippen LogP contribution in [-0.4, -0.2) is 29.4 Å². The molecule has 0 saturated carbocycles. The van der Waals surface area contributed by atoms with Gasteiger partial charge in [-0.2, -0.15) is 0 Å². The maximum atomic E-state index is 12.3. The first-order chi connectivity index (χ1) is 10.5. The van der Waals surface area contributed by atoms with E-state index in [-0.39, 0.29) is 5.91 Å². The van der Waals surface area contributed by atoms with Gasteiger partial charge in [0.1, 0.15) is 11.3 Å². The Hall–Kier alpha value is -2.53. The average molecular weight is 315 g/mol. The SMILES string of the molecule is CN(C)c1ccc(NC(=O)c2cn3cc(Cl)ccc3n2)cc1. The fourth-order valence-electron chi connectivity index (χ4n) is 2.11. The Bertz CT molecular complexity index is 824. The Labute approximate surface area is 133 Å². The van der Waals surface area contributed by atoms with Crippen LogP contribution < -0.4 is 10.2 Å². The van der Waals surface area contributed by atoms with Gasteiger partial charge in [0, 0.05) is 37.9 Å². The standard InChI is InChI=1S/C16H15ClN4O/c1-20(2)13-6-4-12(5-7-13)18-16(22)14-10-21-9-11(17)3-8-15(21)19-14/h3-10H,1-2H3,(H,18,22). The van der Waals surface area contributed by atoms with Crippen molar-refractivity contribution in [2.45, 2.75) is 0 Å². The monoisotopic (exact) mass is 314 g/mol. The van der Waals surface area contributed by atoms with E-state index in [4.69, 9.17) is 11.6 Å². The van der Waals surface area contributed by atoms with Crippen molar-refractivity contribution in [3.05, 3.63) is 59.5 Å². The second-order valence-electron chi connectivity index (χ2n) is 5.13. The van der Waals surface area contributed by atoms with Crippen molar-refractivity contribution in [1.82, 2.24) is 9.38 Å². The Kier molecular flexibility index (Phi) is 3.73. The lowest BCUT2D eigenvalue weighted by Crippen LogP contribution is -2.13. The number of amides is 1. The molecule has 0 atom stereocenters. The fourth-order valence-corrected chi connectivity index (χ4v) is 2.28. The number of pyridine rings is 1. The van der Waals surface area contributed by atoms with Gasteiger partial charge in [0.15, 0.2) is 0 Å². The van der Waals surface area contributed by atoms with Gasteiger partial charge in [0.2, 0.25) is 0 Å². The molecule has 0 saturated heterocycles. The van der Waals surface area contributed by atoms with Crippen LogP contribution in [0.4, 0.5) is 11.4 Å². The van der Waals surface area contributed by atoms with Gasteiger partial charge >= 0.3 is 0 Å². The Balaban J connectivity index is 1.80. The van der Waals surface area contributed by atoms with Crippen LogP contribution >= 0.6 is 11.6 Å². The summed E-state index contributed by atoms with van der Waals surface area (Å²) in [7, 11) is 3.94. The van der Waals surface area contributed by atoms with Gasteiger partial charge in [-0.1, -0.05) is 11.6 Å². The molecule has 2 aromatic heterocycles. The van der Waals surface area contributed by atoms with Crippen molar-refractivity contribution in [2.75, 3.05) is 24.3 Å². The van der Waals surface area contributed by atoms with Crippen LogP contribution in [0.1, 0.15) is 10.5 Å². The maximum Gasteiger partial charge on any atom is 0.275 e. The summed E-state index contributed by atoms with van der Waals surface area (Å²) in [5.74, 6) is -0.252. The second kappa shape index (κ2) is 5.69. The molecular formula is C16H15ClN4O. The number of benzene rings is 1. The van der Waals surface area contributed by atoms with E-state index < -0.39 is 0 Å². The van der Waals surface area contributed by atoms with Gasteiger partial charge in [-0.25, -0.2) is 4.98 Å². The number of hydrogen-bond acceptors (Lipinski definition) is 3. The predicted octanol–water partition coefficient (Wildman–Crippen LogP) is 3.31. The van der Waals surface area contributed by atoms with Gasteiger partial charge < -0.3 is 14.6 Å². The molecule has 6 heteroatoms. The fraction of sp³-hybridized carbons (Fsp3) is 0.125. The number of carbonyl (C=O) groups is 1. The molecule has 0 aliphatic rings. The van der Waals surface area contributed by atoms with Crippen LogP contribution in [0.3, 0.4) is 0 Å². The van der Waals surface area contributed by atoms with Crippen LogP contribution in [0.25, 0.3) is 5.65 Å². The molecule has 3 rings (SSSR count). The first-order valence-electron chi connectivity index (χ1n) is 6.76. The molecule has 1 N–H and O–H groups in total. The minimum Gasteiger partial charge on any atom is -0.378 e. The Morgan fingerprint density at radius 1 is 1.14 bits per heavy atom. The van der Waals surface area contributed by atoms with E-state index in [1.165, 1.54) is 0 Å². The predicted molar refractivity (Wildman–Crippen MR) is 88.9 cm³/mol. The highest BCUT2D eigenvalue weighted by Crippen LogP contribution is 2.17. The summed E-state index contributed by atoms with van der Waals surface area (Å²) in [6.07, 6.45) is 3.37. The van der Waals surface area contributed by atoms with Crippen molar-refractivity contribution in [2.24, 2.45) is 0 Å². The number of nitrogens with zero attached hydrogens (tertiary/aromatic N) is 3. The van der Waals surface area contributed by atoms with Crippen molar-refractivity contribution in [3.8, 4) is 0 Å². The molecule has 0 aliphatic heterocycles. The zero-order valence-electron chi connectivity index (χ0n) is 12.2. The number of hydrogen-bond donors (Lipinski definition) is 1. The van der Waals surface area contributed by atoms with Crippen molar-refractivity contribution >= 4 is 34.5 Å². The molecule has 3 aromatic rings. The zero-order chi connectivity index (χ0) is 15.7. The number of halogens is 1. The number of rotatable bonds is 3. The molecule has 0 unspecified atom stereocenters. The highest BCUT2D eigenvalue weighted by atomic mass is 35.5. The largest absolute Gasteiger partial charge is 0.378 e. The molecule has 0 aliphatic carbocycles. The summed E-state index contributed by atoms with van der Waals surface area (Å²) in [6.45, 7) is 0. The van der Waals surface area contributed by atoms with Crippen LogP contribution in [-0.2, 0) is 0 Å². The van der Waals surface area contributed by atoms with E-state index in [1.54, 1.807) is 28.9 Å². The summed E-state index contributed by atoms with van der Waals surface area (Å²) >= 11 is 5.92. The number of imidazole rings is 1. The van der Waals surface area contributed by atoms with Crippen LogP contribution in [0.5, 0.6) is 0 Å². The van der Waals surface area contributed by atoms with Gasteiger partial charge in [-0.3, -0.25) is 4.79 Å². The highest BCUT2D eigenvalue weighted by Gasteiger charge is 2.11. The normalized spacial score (nSPS) is 10.7. The average Bonchev–Trinajstić information content (AvgIpc) is 2.91. The van der Waals surface area contributed by atoms with Gasteiger partial charge in [0.25, 0.3) is 5.91 Å². The number of fused-ring (bicyclic) bond motifs is 1. The molecule has 2 heterocycles. The van der Waals surface area contributed by atoms with Gasteiger partial charge in [0.05, 0.1) is 5.02 Å². The molecule has 22 heavy (non-hydrogen) atoms. The molecule has 0 fully saturated rings. The molecule has 5 nitrogen and oxygen atoms in total. The molecule has 1 amide bonds. The van der Waals surface area contributed by atoms with Gasteiger partial charge in [-0.15, -0.1) is 0 Å². The third-order valence-electron chi connectivity index (χ3n) is 3.29. The van der Waals surface area contributed by atoms with Crippen molar-refractivity contribution in [1.29, 1.82) is 0 Å². The molecule has 0 spiro atoms. The molecule has 112 valence electrons. The Morgan fingerprint density at radius 3 is 2.55 bits per heavy atom. The highest BCUT2D eigenvalue weighted by molar-refractivity contribution is 6.30. The van der Waals surface area contributed by atoms with E-state index >= 15 is 0 Å². The van der Waals surface area contributed by atoms with E-state index in [0.29, 0.717) is 16.4 Å². The lowest BCUT2D eigenvalue weighted by molar-refractivity contribution is 0.102. The number of aromatic nitrogens is 2. The van der Waals surface area contributed by atoms with Crippen LogP contribution in [0.15, 0.2) is 48.8 Å². The van der Waals surface area contributed by atoms with E-state index in [0.717, 1.165) is 11.4 Å². The minimum absolute atomic E-state index is 0.252. The molecule has 0 radical (unpaired) electrons. The van der Waals surface area contributed by atoms with Crippen molar-refractivity contribution in [3.63, 3.8) is 0 Å². The summed E-state index contributed by atoms with van der Waals surface area (Å²) in [6, 6.07) is 11.1. The lowest BCUT2D eigenvalue weighted by Gasteiger charge is -2.12. The van der Waals surface area contributed by atoms with E-state index in [9.17, 15) is 4.79 Å². The summed E-state index contributed by atoms with van der Waals surface area (Å²) < 4.78 is 1.73. The summed E-state index contributed by atoms with van der Waals surface area (Å²) in [5, 5.41) is 3.43. The van der Waals surface area contributed by atoms with Crippen molar-refractivity contribution < 1.29 is 4.79 Å². The minimum atomic E-state index is -0.252. The quantitative estimate of drug-likeness (QED) is 0.807. The topological polar surface area (TPSA) is 49.6 Å². The Morgan fingerprint density at radius 2 is 1.86 bits per heavy atom. The van der Waals surface area contributed by atoms with E-state index in [2.05, 4.69) is 10.3 Å². The van der Waals surface area contributed by atoms with Crippen LogP contribution in [0, 0.1) is 0 Å². The number of carbonyl (C=O) groups excluding carboxylic acids is 1. The zero-order valence-corrected chi connectivity index (χ0v) is 13.0. The maximum absolute atomic E-state index is 12.3. The third-order valence-corrected chi connectivity index (χ3v) is 3.51.